The van der Waals surface area contributed by atoms with Gasteiger partial charge in [0.1, 0.15) is 12.9 Å². The molecular formula is C18H22N6O3. The van der Waals surface area contributed by atoms with Crippen molar-refractivity contribution >= 4 is 17.5 Å². The van der Waals surface area contributed by atoms with Crippen LogP contribution < -0.4 is 5.32 Å². The van der Waals surface area contributed by atoms with Crippen LogP contribution in [0.15, 0.2) is 24.5 Å². The highest BCUT2D eigenvalue weighted by Crippen LogP contribution is 2.25. The lowest BCUT2D eigenvalue weighted by Crippen LogP contribution is -2.51. The molecule has 2 aliphatic rings. The summed E-state index contributed by atoms with van der Waals surface area (Å²) in [6.07, 6.45) is 4.94. The van der Waals surface area contributed by atoms with Gasteiger partial charge in [0.25, 0.3) is 0 Å². The minimum Gasteiger partial charge on any atom is -0.377 e. The van der Waals surface area contributed by atoms with Crippen molar-refractivity contribution in [3.05, 3.63) is 35.7 Å². The van der Waals surface area contributed by atoms with Crippen LogP contribution in [0.4, 0.5) is 5.69 Å². The summed E-state index contributed by atoms with van der Waals surface area (Å²) in [5.41, 5.74) is 3.49. The van der Waals surface area contributed by atoms with Gasteiger partial charge in [0.15, 0.2) is 0 Å². The van der Waals surface area contributed by atoms with Crippen molar-refractivity contribution in [1.29, 1.82) is 0 Å². The van der Waals surface area contributed by atoms with Gasteiger partial charge in [-0.2, -0.15) is 0 Å². The van der Waals surface area contributed by atoms with Crippen molar-refractivity contribution in [2.75, 3.05) is 25.1 Å². The Hall–Kier alpha value is -2.81. The Morgan fingerprint density at radius 1 is 1.26 bits per heavy atom. The molecule has 1 atom stereocenters. The number of carbonyl (C=O) groups is 2. The lowest BCUT2D eigenvalue weighted by atomic mass is 10.1. The molecule has 1 aliphatic heterocycles. The van der Waals surface area contributed by atoms with Gasteiger partial charge in [-0.3, -0.25) is 9.59 Å². The van der Waals surface area contributed by atoms with Crippen molar-refractivity contribution in [2.45, 2.75) is 38.3 Å². The molecule has 4 rings (SSSR count). The average Bonchev–Trinajstić information content (AvgIpc) is 3.33. The summed E-state index contributed by atoms with van der Waals surface area (Å²) in [7, 11) is 0. The van der Waals surface area contributed by atoms with E-state index >= 15 is 0 Å². The third-order valence-corrected chi connectivity index (χ3v) is 5.04. The molecule has 1 aromatic carbocycles. The zero-order valence-corrected chi connectivity index (χ0v) is 15.0. The van der Waals surface area contributed by atoms with E-state index in [0.29, 0.717) is 19.8 Å². The molecule has 2 amide bonds. The highest BCUT2D eigenvalue weighted by Gasteiger charge is 2.29. The average molecular weight is 370 g/mol. The van der Waals surface area contributed by atoms with E-state index in [2.05, 4.69) is 33.0 Å². The SMILES string of the molecule is O=C(C[C@H]1COCCN1C(=O)Cn1cnnn1)Nc1ccc2c(c1)CCC2. The largest absolute Gasteiger partial charge is 0.377 e. The first-order chi connectivity index (χ1) is 13.2. The second-order valence-corrected chi connectivity index (χ2v) is 6.91. The van der Waals surface area contributed by atoms with E-state index in [4.69, 9.17) is 4.74 Å². The second-order valence-electron chi connectivity index (χ2n) is 6.91. The van der Waals surface area contributed by atoms with Gasteiger partial charge in [-0.05, 0) is 52.9 Å². The Morgan fingerprint density at radius 2 is 2.15 bits per heavy atom. The number of hydrogen-bond acceptors (Lipinski definition) is 6. The number of fused-ring (bicyclic) bond motifs is 1. The van der Waals surface area contributed by atoms with Gasteiger partial charge in [0, 0.05) is 18.7 Å². The van der Waals surface area contributed by atoms with Crippen LogP contribution in [0.25, 0.3) is 0 Å². The molecule has 0 unspecified atom stereocenters. The van der Waals surface area contributed by atoms with Crippen LogP contribution in [0.5, 0.6) is 0 Å². The molecule has 0 bridgehead atoms. The van der Waals surface area contributed by atoms with Crippen molar-refractivity contribution < 1.29 is 14.3 Å². The van der Waals surface area contributed by atoms with E-state index in [9.17, 15) is 9.59 Å². The number of aromatic nitrogens is 4. The van der Waals surface area contributed by atoms with Crippen molar-refractivity contribution in [3.63, 3.8) is 0 Å². The summed E-state index contributed by atoms with van der Waals surface area (Å²) in [6.45, 7) is 1.32. The molecule has 142 valence electrons. The molecule has 1 N–H and O–H groups in total. The predicted molar refractivity (Wildman–Crippen MR) is 95.9 cm³/mol. The fourth-order valence-electron chi connectivity index (χ4n) is 3.71. The van der Waals surface area contributed by atoms with Crippen LogP contribution in [-0.4, -0.2) is 62.7 Å². The maximum atomic E-state index is 12.6. The lowest BCUT2D eigenvalue weighted by molar-refractivity contribution is -0.142. The number of amides is 2. The van der Waals surface area contributed by atoms with Crippen LogP contribution in [0.2, 0.25) is 0 Å². The van der Waals surface area contributed by atoms with E-state index in [0.717, 1.165) is 18.5 Å². The number of benzene rings is 1. The summed E-state index contributed by atoms with van der Waals surface area (Å²) in [4.78, 5) is 26.8. The number of rotatable bonds is 5. The number of carbonyl (C=O) groups excluding carboxylic acids is 2. The van der Waals surface area contributed by atoms with Crippen molar-refractivity contribution in [3.8, 4) is 0 Å². The Balaban J connectivity index is 1.37. The zero-order chi connectivity index (χ0) is 18.6. The summed E-state index contributed by atoms with van der Waals surface area (Å²) in [6, 6.07) is 5.79. The van der Waals surface area contributed by atoms with Gasteiger partial charge in [-0.25, -0.2) is 4.68 Å². The molecule has 9 heteroatoms. The number of hydrogen-bond donors (Lipinski definition) is 1. The van der Waals surface area contributed by atoms with Gasteiger partial charge in [0.05, 0.1) is 19.3 Å². The molecule has 1 saturated heterocycles. The fraction of sp³-hybridized carbons (Fsp3) is 0.500. The Kier molecular flexibility index (Phi) is 5.10. The van der Waals surface area contributed by atoms with Crippen LogP contribution in [0.1, 0.15) is 24.0 Å². The molecular weight excluding hydrogens is 348 g/mol. The standard InChI is InChI=1S/C18H22N6O3/c25-17(20-15-5-4-13-2-1-3-14(13)8-15)9-16-11-27-7-6-24(16)18(26)10-23-12-19-21-22-23/h4-5,8,12,16H,1-3,6-7,9-11H2,(H,20,25)/t16-/m0/s1. The minimum atomic E-state index is -0.294. The molecule has 27 heavy (non-hydrogen) atoms. The van der Waals surface area contributed by atoms with Gasteiger partial charge in [-0.15, -0.1) is 5.10 Å². The molecule has 1 aromatic heterocycles. The molecule has 9 nitrogen and oxygen atoms in total. The highest BCUT2D eigenvalue weighted by molar-refractivity contribution is 5.91. The summed E-state index contributed by atoms with van der Waals surface area (Å²) in [5, 5.41) is 13.7. The monoisotopic (exact) mass is 370 g/mol. The van der Waals surface area contributed by atoms with E-state index in [-0.39, 0.29) is 30.8 Å². The van der Waals surface area contributed by atoms with Gasteiger partial charge >= 0.3 is 0 Å². The first kappa shape index (κ1) is 17.6. The van der Waals surface area contributed by atoms with Crippen LogP contribution >= 0.6 is 0 Å². The normalized spacial score (nSPS) is 19.0. The molecule has 1 aliphatic carbocycles. The maximum absolute atomic E-state index is 12.6. The van der Waals surface area contributed by atoms with E-state index in [1.807, 2.05) is 6.07 Å². The first-order valence-corrected chi connectivity index (χ1v) is 9.19. The number of nitrogens with zero attached hydrogens (tertiary/aromatic N) is 5. The summed E-state index contributed by atoms with van der Waals surface area (Å²) < 4.78 is 6.86. The molecule has 0 saturated carbocycles. The maximum Gasteiger partial charge on any atom is 0.244 e. The molecule has 2 aromatic rings. The zero-order valence-electron chi connectivity index (χ0n) is 15.0. The van der Waals surface area contributed by atoms with Gasteiger partial charge < -0.3 is 15.0 Å². The van der Waals surface area contributed by atoms with Gasteiger partial charge in [0.2, 0.25) is 11.8 Å². The first-order valence-electron chi connectivity index (χ1n) is 9.19. The van der Waals surface area contributed by atoms with Gasteiger partial charge in [-0.1, -0.05) is 6.07 Å². The predicted octanol–water partition coefficient (Wildman–Crippen LogP) is 0.418. The number of aryl methyl sites for hydroxylation is 2. The Morgan fingerprint density at radius 3 is 3.00 bits per heavy atom. The van der Waals surface area contributed by atoms with E-state index < -0.39 is 0 Å². The molecule has 1 fully saturated rings. The van der Waals surface area contributed by atoms with Crippen LogP contribution in [-0.2, 0) is 33.7 Å². The number of ether oxygens (including phenoxy) is 1. The topological polar surface area (TPSA) is 102 Å². The number of tetrazole rings is 1. The third kappa shape index (κ3) is 4.13. The van der Waals surface area contributed by atoms with Crippen LogP contribution in [0.3, 0.4) is 0 Å². The lowest BCUT2D eigenvalue weighted by Gasteiger charge is -2.35. The number of anilines is 1. The minimum absolute atomic E-state index is 0.0515. The Labute approximate surface area is 156 Å². The second kappa shape index (κ2) is 7.83. The number of nitrogens with one attached hydrogen (secondary N) is 1. The summed E-state index contributed by atoms with van der Waals surface area (Å²) in [5.74, 6) is -0.246. The number of morpholine rings is 1. The third-order valence-electron chi connectivity index (χ3n) is 5.04. The fourth-order valence-corrected chi connectivity index (χ4v) is 3.71. The van der Waals surface area contributed by atoms with Crippen molar-refractivity contribution in [1.82, 2.24) is 25.1 Å². The van der Waals surface area contributed by atoms with Crippen LogP contribution in [0, 0.1) is 0 Å². The molecule has 2 heterocycles. The smallest absolute Gasteiger partial charge is 0.244 e. The Bertz CT molecular complexity index is 823. The quantitative estimate of drug-likeness (QED) is 0.818. The van der Waals surface area contributed by atoms with Crippen molar-refractivity contribution in [2.24, 2.45) is 0 Å². The van der Waals surface area contributed by atoms with E-state index in [1.165, 1.54) is 28.6 Å². The molecule has 0 radical (unpaired) electrons. The van der Waals surface area contributed by atoms with E-state index in [1.54, 1.807) is 4.90 Å². The highest BCUT2D eigenvalue weighted by atomic mass is 16.5. The summed E-state index contributed by atoms with van der Waals surface area (Å²) >= 11 is 0. The molecule has 0 spiro atoms.